The van der Waals surface area contributed by atoms with Crippen LogP contribution >= 0.6 is 11.6 Å². The van der Waals surface area contributed by atoms with Crippen LogP contribution in [0, 0.1) is 0 Å². The summed E-state index contributed by atoms with van der Waals surface area (Å²) >= 11 is 6.10. The molecule has 1 rings (SSSR count). The number of nitrogens with zero attached hydrogens (tertiary/aromatic N) is 1. The average molecular weight is 225 g/mol. The molecule has 0 bridgehead atoms. The van der Waals surface area contributed by atoms with Gasteiger partial charge in [-0.2, -0.15) is 0 Å². The molecule has 15 heavy (non-hydrogen) atoms. The highest BCUT2D eigenvalue weighted by Gasteiger charge is 2.13. The van der Waals surface area contributed by atoms with Gasteiger partial charge in [-0.1, -0.05) is 24.6 Å². The lowest BCUT2D eigenvalue weighted by atomic mass is 10.1. The maximum atomic E-state index is 6.10. The van der Waals surface area contributed by atoms with E-state index in [0.29, 0.717) is 5.02 Å². The molecular formula is C12H17ClN2. The number of nitrogens with one attached hydrogen (secondary N) is 1. The van der Waals surface area contributed by atoms with E-state index in [9.17, 15) is 0 Å². The van der Waals surface area contributed by atoms with Crippen molar-refractivity contribution in [2.75, 3.05) is 6.54 Å². The zero-order valence-electron chi connectivity index (χ0n) is 9.04. The standard InChI is InChI=1S/C12H17ClN2/c1-3-6-11(14-8-4-2)12-10(13)7-5-9-15-12/h3,5,7,9,11,14H,1,4,6,8H2,2H3. The van der Waals surface area contributed by atoms with E-state index in [1.807, 2.05) is 18.2 Å². The summed E-state index contributed by atoms with van der Waals surface area (Å²) in [4.78, 5) is 4.31. The smallest absolute Gasteiger partial charge is 0.0762 e. The van der Waals surface area contributed by atoms with Gasteiger partial charge in [0, 0.05) is 6.20 Å². The Bertz CT molecular complexity index is 312. The molecule has 0 aliphatic carbocycles. The van der Waals surface area contributed by atoms with Crippen molar-refractivity contribution in [1.82, 2.24) is 10.3 Å². The van der Waals surface area contributed by atoms with E-state index in [0.717, 1.165) is 25.1 Å². The molecule has 0 radical (unpaired) electrons. The molecule has 0 spiro atoms. The predicted octanol–water partition coefficient (Wildman–Crippen LogP) is 3.35. The SMILES string of the molecule is C=CCC(NCCC)c1ncccc1Cl. The summed E-state index contributed by atoms with van der Waals surface area (Å²) in [6.07, 6.45) is 5.60. The summed E-state index contributed by atoms with van der Waals surface area (Å²) in [5.41, 5.74) is 0.910. The van der Waals surface area contributed by atoms with Gasteiger partial charge < -0.3 is 5.32 Å². The fourth-order valence-corrected chi connectivity index (χ4v) is 1.68. The highest BCUT2D eigenvalue weighted by Crippen LogP contribution is 2.22. The zero-order valence-corrected chi connectivity index (χ0v) is 9.80. The summed E-state index contributed by atoms with van der Waals surface area (Å²) in [5.74, 6) is 0. The molecule has 0 aromatic carbocycles. The number of rotatable bonds is 6. The fraction of sp³-hybridized carbons (Fsp3) is 0.417. The number of hydrogen-bond acceptors (Lipinski definition) is 2. The Kier molecular flexibility index (Phi) is 5.37. The first kappa shape index (κ1) is 12.2. The third kappa shape index (κ3) is 3.65. The molecular weight excluding hydrogens is 208 g/mol. The summed E-state index contributed by atoms with van der Waals surface area (Å²) < 4.78 is 0. The summed E-state index contributed by atoms with van der Waals surface area (Å²) in [6, 6.07) is 3.89. The third-order valence-electron chi connectivity index (χ3n) is 2.16. The Morgan fingerprint density at radius 3 is 3.07 bits per heavy atom. The lowest BCUT2D eigenvalue weighted by Gasteiger charge is -2.17. The van der Waals surface area contributed by atoms with Crippen LogP contribution in [0.25, 0.3) is 0 Å². The van der Waals surface area contributed by atoms with Gasteiger partial charge >= 0.3 is 0 Å². The summed E-state index contributed by atoms with van der Waals surface area (Å²) in [5, 5.41) is 4.12. The summed E-state index contributed by atoms with van der Waals surface area (Å²) in [7, 11) is 0. The average Bonchev–Trinajstić information content (AvgIpc) is 2.25. The minimum atomic E-state index is 0.177. The number of halogens is 1. The van der Waals surface area contributed by atoms with Crippen LogP contribution in [0.3, 0.4) is 0 Å². The van der Waals surface area contributed by atoms with Gasteiger partial charge in [0.15, 0.2) is 0 Å². The largest absolute Gasteiger partial charge is 0.308 e. The minimum absolute atomic E-state index is 0.177. The molecule has 0 amide bonds. The highest BCUT2D eigenvalue weighted by atomic mass is 35.5. The van der Waals surface area contributed by atoms with Crippen LogP contribution < -0.4 is 5.32 Å². The molecule has 1 aromatic rings. The van der Waals surface area contributed by atoms with E-state index >= 15 is 0 Å². The molecule has 0 aliphatic heterocycles. The first-order valence-electron chi connectivity index (χ1n) is 5.24. The van der Waals surface area contributed by atoms with Crippen molar-refractivity contribution in [3.63, 3.8) is 0 Å². The first-order chi connectivity index (χ1) is 7.29. The van der Waals surface area contributed by atoms with Gasteiger partial charge in [-0.05, 0) is 31.5 Å². The Balaban J connectivity index is 2.78. The molecule has 1 N–H and O–H groups in total. The Hall–Kier alpha value is -0.860. The molecule has 0 saturated carbocycles. The second kappa shape index (κ2) is 6.59. The van der Waals surface area contributed by atoms with Crippen molar-refractivity contribution in [1.29, 1.82) is 0 Å². The normalized spacial score (nSPS) is 12.4. The van der Waals surface area contributed by atoms with Crippen molar-refractivity contribution in [2.45, 2.75) is 25.8 Å². The molecule has 1 unspecified atom stereocenters. The number of pyridine rings is 1. The van der Waals surface area contributed by atoms with Crippen molar-refractivity contribution in [2.24, 2.45) is 0 Å². The van der Waals surface area contributed by atoms with Crippen LogP contribution in [0.4, 0.5) is 0 Å². The number of aromatic nitrogens is 1. The van der Waals surface area contributed by atoms with Crippen molar-refractivity contribution in [3.8, 4) is 0 Å². The van der Waals surface area contributed by atoms with E-state index in [2.05, 4.69) is 23.8 Å². The maximum Gasteiger partial charge on any atom is 0.0762 e. The quantitative estimate of drug-likeness (QED) is 0.750. The number of hydrogen-bond donors (Lipinski definition) is 1. The minimum Gasteiger partial charge on any atom is -0.308 e. The third-order valence-corrected chi connectivity index (χ3v) is 2.48. The lowest BCUT2D eigenvalue weighted by Crippen LogP contribution is -2.22. The van der Waals surface area contributed by atoms with Gasteiger partial charge in [-0.25, -0.2) is 0 Å². The predicted molar refractivity (Wildman–Crippen MR) is 65.1 cm³/mol. The van der Waals surface area contributed by atoms with Crippen molar-refractivity contribution >= 4 is 11.6 Å². The highest BCUT2D eigenvalue weighted by molar-refractivity contribution is 6.31. The van der Waals surface area contributed by atoms with E-state index in [1.165, 1.54) is 0 Å². The Labute approximate surface area is 96.4 Å². The summed E-state index contributed by atoms with van der Waals surface area (Å²) in [6.45, 7) is 6.85. The van der Waals surface area contributed by atoms with Crippen LogP contribution in [0.15, 0.2) is 31.0 Å². The molecule has 3 heteroatoms. The molecule has 82 valence electrons. The van der Waals surface area contributed by atoms with E-state index in [4.69, 9.17) is 11.6 Å². The topological polar surface area (TPSA) is 24.9 Å². The Morgan fingerprint density at radius 2 is 2.47 bits per heavy atom. The van der Waals surface area contributed by atoms with Crippen LogP contribution in [0.5, 0.6) is 0 Å². The monoisotopic (exact) mass is 224 g/mol. The lowest BCUT2D eigenvalue weighted by molar-refractivity contribution is 0.526. The molecule has 0 aliphatic rings. The van der Waals surface area contributed by atoms with Crippen molar-refractivity contribution < 1.29 is 0 Å². The van der Waals surface area contributed by atoms with Gasteiger partial charge in [0.2, 0.25) is 0 Å². The Morgan fingerprint density at radius 1 is 1.67 bits per heavy atom. The van der Waals surface area contributed by atoms with Gasteiger partial charge in [-0.15, -0.1) is 6.58 Å². The van der Waals surface area contributed by atoms with E-state index < -0.39 is 0 Å². The second-order valence-corrected chi connectivity index (χ2v) is 3.81. The maximum absolute atomic E-state index is 6.10. The van der Waals surface area contributed by atoms with Gasteiger partial charge in [0.1, 0.15) is 0 Å². The van der Waals surface area contributed by atoms with Crippen LogP contribution in [-0.2, 0) is 0 Å². The molecule has 2 nitrogen and oxygen atoms in total. The second-order valence-electron chi connectivity index (χ2n) is 3.40. The zero-order chi connectivity index (χ0) is 11.1. The van der Waals surface area contributed by atoms with Gasteiger partial charge in [0.25, 0.3) is 0 Å². The van der Waals surface area contributed by atoms with Gasteiger partial charge in [-0.3, -0.25) is 4.98 Å². The van der Waals surface area contributed by atoms with Crippen molar-refractivity contribution in [3.05, 3.63) is 41.7 Å². The first-order valence-corrected chi connectivity index (χ1v) is 5.62. The molecule has 1 heterocycles. The molecule has 1 aromatic heterocycles. The molecule has 1 atom stereocenters. The van der Waals surface area contributed by atoms with Crippen LogP contribution in [0.2, 0.25) is 5.02 Å². The molecule has 0 saturated heterocycles. The van der Waals surface area contributed by atoms with E-state index in [-0.39, 0.29) is 6.04 Å². The molecule has 0 fully saturated rings. The fourth-order valence-electron chi connectivity index (χ4n) is 1.43. The van der Waals surface area contributed by atoms with Crippen LogP contribution in [-0.4, -0.2) is 11.5 Å². The van der Waals surface area contributed by atoms with E-state index in [1.54, 1.807) is 6.20 Å². The van der Waals surface area contributed by atoms with Crippen LogP contribution in [0.1, 0.15) is 31.5 Å². The van der Waals surface area contributed by atoms with Gasteiger partial charge in [0.05, 0.1) is 16.8 Å².